The lowest BCUT2D eigenvalue weighted by molar-refractivity contribution is 1.36. The molecule has 0 atom stereocenters. The van der Waals surface area contributed by atoms with Crippen molar-refractivity contribution in [2.75, 3.05) is 5.73 Å². The van der Waals surface area contributed by atoms with Crippen LogP contribution in [0.5, 0.6) is 0 Å². The second kappa shape index (κ2) is 7.22. The zero-order valence-corrected chi connectivity index (χ0v) is 14.6. The van der Waals surface area contributed by atoms with Gasteiger partial charge >= 0.3 is 0 Å². The van der Waals surface area contributed by atoms with Crippen LogP contribution in [0.1, 0.15) is 0 Å². The van der Waals surface area contributed by atoms with E-state index in [2.05, 4.69) is 9.97 Å². The monoisotopic (exact) mass is 375 g/mol. The molecule has 2 aromatic heterocycles. The summed E-state index contributed by atoms with van der Waals surface area (Å²) >= 11 is 17.6. The van der Waals surface area contributed by atoms with Gasteiger partial charge in [-0.15, -0.1) is 0 Å². The van der Waals surface area contributed by atoms with Crippen molar-refractivity contribution >= 4 is 62.2 Å². The van der Waals surface area contributed by atoms with Crippen molar-refractivity contribution in [3.63, 3.8) is 0 Å². The molecule has 4 rings (SSSR count). The van der Waals surface area contributed by atoms with Gasteiger partial charge in [-0.3, -0.25) is 0 Å². The second-order valence-corrected chi connectivity index (χ2v) is 6.24. The van der Waals surface area contributed by atoms with Crippen LogP contribution in [-0.4, -0.2) is 9.97 Å². The highest BCUT2D eigenvalue weighted by molar-refractivity contribution is 6.36. The molecule has 0 bridgehead atoms. The molecule has 0 unspecified atom stereocenters. The number of hydrogen-bond acceptors (Lipinski definition) is 3. The number of pyridine rings is 2. The first-order valence-corrected chi connectivity index (χ1v) is 8.17. The van der Waals surface area contributed by atoms with Gasteiger partial charge in [0.1, 0.15) is 11.0 Å². The Morgan fingerprint density at radius 1 is 0.708 bits per heavy atom. The van der Waals surface area contributed by atoms with E-state index in [1.807, 2.05) is 36.4 Å². The first kappa shape index (κ1) is 16.8. The number of nitrogens with zero attached hydrogens (tertiary/aromatic N) is 2. The van der Waals surface area contributed by atoms with E-state index >= 15 is 0 Å². The molecule has 6 heteroatoms. The minimum atomic E-state index is 0.491. The van der Waals surface area contributed by atoms with E-state index in [1.54, 1.807) is 24.5 Å². The van der Waals surface area contributed by atoms with Gasteiger partial charge in [0.2, 0.25) is 0 Å². The molecule has 0 aliphatic carbocycles. The maximum Gasteiger partial charge on any atom is 0.129 e. The summed E-state index contributed by atoms with van der Waals surface area (Å²) in [6.45, 7) is 0. The Kier molecular flexibility index (Phi) is 5.05. The van der Waals surface area contributed by atoms with Crippen LogP contribution < -0.4 is 5.73 Å². The average molecular weight is 377 g/mol. The van der Waals surface area contributed by atoms with Gasteiger partial charge in [0.15, 0.2) is 0 Å². The molecule has 0 amide bonds. The number of rotatable bonds is 0. The SMILES string of the molecule is Clc1cc2cccc(Cl)c2cn1.Nc1cc2cccc(Cl)c2cn1. The van der Waals surface area contributed by atoms with Crippen LogP contribution in [0.3, 0.4) is 0 Å². The van der Waals surface area contributed by atoms with Gasteiger partial charge < -0.3 is 5.73 Å². The van der Waals surface area contributed by atoms with E-state index in [1.165, 1.54) is 0 Å². The van der Waals surface area contributed by atoms with Crippen LogP contribution in [0.2, 0.25) is 15.2 Å². The van der Waals surface area contributed by atoms with E-state index in [0.717, 1.165) is 21.5 Å². The maximum atomic E-state index is 5.93. The lowest BCUT2D eigenvalue weighted by Crippen LogP contribution is -1.88. The molecule has 0 saturated carbocycles. The predicted octanol–water partition coefficient (Wildman–Crippen LogP) is 6.01. The molecule has 0 saturated heterocycles. The largest absolute Gasteiger partial charge is 0.384 e. The van der Waals surface area contributed by atoms with Gasteiger partial charge in [-0.05, 0) is 35.0 Å². The van der Waals surface area contributed by atoms with Crippen LogP contribution in [0.25, 0.3) is 21.5 Å². The summed E-state index contributed by atoms with van der Waals surface area (Å²) in [6.07, 6.45) is 3.37. The van der Waals surface area contributed by atoms with Gasteiger partial charge in [0.05, 0.1) is 0 Å². The predicted molar refractivity (Wildman–Crippen MR) is 103 cm³/mol. The lowest BCUT2D eigenvalue weighted by Gasteiger charge is -1.99. The number of nitrogen functional groups attached to an aromatic ring is 1. The molecule has 0 aliphatic rings. The van der Waals surface area contributed by atoms with Crippen molar-refractivity contribution in [1.82, 2.24) is 9.97 Å². The smallest absolute Gasteiger partial charge is 0.129 e. The molecule has 3 nitrogen and oxygen atoms in total. The highest BCUT2D eigenvalue weighted by Crippen LogP contribution is 2.24. The summed E-state index contributed by atoms with van der Waals surface area (Å²) in [4.78, 5) is 7.91. The fraction of sp³-hybridized carbons (Fsp3) is 0. The number of benzene rings is 2. The van der Waals surface area contributed by atoms with Crippen LogP contribution >= 0.6 is 34.8 Å². The lowest BCUT2D eigenvalue weighted by atomic mass is 10.2. The summed E-state index contributed by atoms with van der Waals surface area (Å²) in [5.74, 6) is 0.518. The quantitative estimate of drug-likeness (QED) is 0.382. The topological polar surface area (TPSA) is 51.8 Å². The number of hydrogen-bond donors (Lipinski definition) is 1. The molecule has 0 radical (unpaired) electrons. The van der Waals surface area contributed by atoms with Gasteiger partial charge in [-0.2, -0.15) is 0 Å². The Bertz CT molecular complexity index is 935. The average Bonchev–Trinajstić information content (AvgIpc) is 2.55. The Hall–Kier alpha value is -2.07. The van der Waals surface area contributed by atoms with Crippen molar-refractivity contribution in [2.45, 2.75) is 0 Å². The number of nitrogens with two attached hydrogens (primary N) is 1. The number of anilines is 1. The summed E-state index contributed by atoms with van der Waals surface area (Å²) < 4.78 is 0. The molecule has 0 spiro atoms. The molecular weight excluding hydrogens is 365 g/mol. The third-order valence-electron chi connectivity index (χ3n) is 3.41. The molecule has 0 fully saturated rings. The summed E-state index contributed by atoms with van der Waals surface area (Å²) in [5, 5.41) is 5.82. The van der Waals surface area contributed by atoms with E-state index in [0.29, 0.717) is 21.0 Å². The third kappa shape index (κ3) is 3.70. The van der Waals surface area contributed by atoms with Crippen molar-refractivity contribution < 1.29 is 0 Å². The summed E-state index contributed by atoms with van der Waals surface area (Å²) in [6, 6.07) is 15.0. The highest BCUT2D eigenvalue weighted by atomic mass is 35.5. The Labute approximate surface area is 154 Å². The fourth-order valence-electron chi connectivity index (χ4n) is 2.26. The van der Waals surface area contributed by atoms with Gasteiger partial charge in [0.25, 0.3) is 0 Å². The van der Waals surface area contributed by atoms with E-state index < -0.39 is 0 Å². The first-order valence-electron chi connectivity index (χ1n) is 7.04. The zero-order chi connectivity index (χ0) is 17.1. The molecule has 120 valence electrons. The number of halogens is 3. The van der Waals surface area contributed by atoms with E-state index in [9.17, 15) is 0 Å². The second-order valence-electron chi connectivity index (χ2n) is 5.04. The molecule has 2 N–H and O–H groups in total. The Balaban J connectivity index is 0.000000141. The minimum absolute atomic E-state index is 0.491. The Morgan fingerprint density at radius 2 is 1.25 bits per heavy atom. The van der Waals surface area contributed by atoms with Crippen molar-refractivity contribution in [2.24, 2.45) is 0 Å². The zero-order valence-electron chi connectivity index (χ0n) is 12.4. The Morgan fingerprint density at radius 3 is 1.88 bits per heavy atom. The minimum Gasteiger partial charge on any atom is -0.384 e. The van der Waals surface area contributed by atoms with Crippen molar-refractivity contribution in [1.29, 1.82) is 0 Å². The standard InChI is InChI=1S/C9H5Cl2N.C9H7ClN2/c2*10-8-3-1-2-6-4-9(11)12-5-7(6)8/h1-5H;1-5H,(H2,11,12). The van der Waals surface area contributed by atoms with Crippen LogP contribution in [0.15, 0.2) is 60.9 Å². The normalized spacial score (nSPS) is 10.5. The molecule has 0 aliphatic heterocycles. The molecule has 2 aromatic carbocycles. The van der Waals surface area contributed by atoms with Crippen LogP contribution in [0.4, 0.5) is 5.82 Å². The van der Waals surface area contributed by atoms with Crippen molar-refractivity contribution in [3.8, 4) is 0 Å². The molecular formula is C18H12Cl3N3. The van der Waals surface area contributed by atoms with E-state index in [4.69, 9.17) is 40.5 Å². The highest BCUT2D eigenvalue weighted by Gasteiger charge is 1.99. The summed E-state index contributed by atoms with van der Waals surface area (Å²) in [5.41, 5.74) is 5.52. The maximum absolute atomic E-state index is 5.93. The van der Waals surface area contributed by atoms with Crippen LogP contribution in [-0.2, 0) is 0 Å². The first-order chi connectivity index (χ1) is 11.5. The third-order valence-corrected chi connectivity index (χ3v) is 4.28. The number of fused-ring (bicyclic) bond motifs is 2. The molecule has 4 aromatic rings. The fourth-order valence-corrected chi connectivity index (χ4v) is 2.89. The number of aromatic nitrogens is 2. The molecule has 24 heavy (non-hydrogen) atoms. The van der Waals surface area contributed by atoms with Gasteiger partial charge in [0, 0.05) is 33.2 Å². The van der Waals surface area contributed by atoms with E-state index in [-0.39, 0.29) is 0 Å². The summed E-state index contributed by atoms with van der Waals surface area (Å²) in [7, 11) is 0. The van der Waals surface area contributed by atoms with Gasteiger partial charge in [-0.25, -0.2) is 9.97 Å². The molecule has 2 heterocycles. The van der Waals surface area contributed by atoms with Crippen molar-refractivity contribution in [3.05, 3.63) is 76.1 Å². The van der Waals surface area contributed by atoms with Gasteiger partial charge in [-0.1, -0.05) is 59.1 Å². The van der Waals surface area contributed by atoms with Crippen LogP contribution in [0, 0.1) is 0 Å².